The summed E-state index contributed by atoms with van der Waals surface area (Å²) in [6.07, 6.45) is 3.19. The summed E-state index contributed by atoms with van der Waals surface area (Å²) in [6.45, 7) is 6.23. The van der Waals surface area contributed by atoms with Crippen LogP contribution in [-0.2, 0) is 11.2 Å². The molecular weight excluding hydrogens is 234 g/mol. The van der Waals surface area contributed by atoms with Gasteiger partial charge in [-0.15, -0.1) is 11.3 Å². The van der Waals surface area contributed by atoms with E-state index in [1.54, 1.807) is 18.4 Å². The fourth-order valence-electron chi connectivity index (χ4n) is 1.64. The third-order valence-electron chi connectivity index (χ3n) is 3.05. The molecular formula is C12H23N3OS. The Morgan fingerprint density at radius 3 is 2.59 bits per heavy atom. The minimum Gasteiger partial charge on any atom is -0.382 e. The average Bonchev–Trinajstić information content (AvgIpc) is 2.63. The van der Waals surface area contributed by atoms with E-state index in [1.807, 2.05) is 6.92 Å². The number of nitrogens with one attached hydrogen (secondary N) is 1. The molecule has 3 N–H and O–H groups in total. The Morgan fingerprint density at radius 1 is 1.41 bits per heavy atom. The molecule has 1 rings (SSSR count). The maximum Gasteiger partial charge on any atom is 0.0946 e. The van der Waals surface area contributed by atoms with Crippen molar-refractivity contribution in [1.82, 2.24) is 10.4 Å². The summed E-state index contributed by atoms with van der Waals surface area (Å²) in [4.78, 5) is 5.83. The molecule has 0 amide bonds. The number of aromatic nitrogens is 1. The van der Waals surface area contributed by atoms with Crippen molar-refractivity contribution >= 4 is 11.3 Å². The molecule has 5 heteroatoms. The van der Waals surface area contributed by atoms with Gasteiger partial charge in [-0.2, -0.15) is 0 Å². The number of hydrogen-bond acceptors (Lipinski definition) is 5. The second-order valence-corrected chi connectivity index (χ2v) is 5.73. The zero-order valence-corrected chi connectivity index (χ0v) is 11.9. The summed E-state index contributed by atoms with van der Waals surface area (Å²) < 4.78 is 5.24. The largest absolute Gasteiger partial charge is 0.382 e. The number of aryl methyl sites for hydroxylation is 2. The first-order chi connectivity index (χ1) is 8.06. The topological polar surface area (TPSA) is 60.2 Å². The minimum atomic E-state index is 0.276. The predicted octanol–water partition coefficient (Wildman–Crippen LogP) is 1.95. The fourth-order valence-corrected chi connectivity index (χ4v) is 2.65. The second kappa shape index (κ2) is 7.06. The van der Waals surface area contributed by atoms with E-state index in [1.165, 1.54) is 4.88 Å². The van der Waals surface area contributed by atoms with Gasteiger partial charge in [0.05, 0.1) is 16.8 Å². The highest BCUT2D eigenvalue weighted by Crippen LogP contribution is 2.19. The molecule has 2 unspecified atom stereocenters. The first-order valence-electron chi connectivity index (χ1n) is 5.98. The average molecular weight is 257 g/mol. The Bertz CT molecular complexity index is 321. The molecule has 0 saturated heterocycles. The summed E-state index contributed by atoms with van der Waals surface area (Å²) in [6, 6.07) is 0.276. The zero-order valence-electron chi connectivity index (χ0n) is 11.1. The number of methoxy groups -OCH3 is 1. The van der Waals surface area contributed by atoms with E-state index >= 15 is 0 Å². The predicted molar refractivity (Wildman–Crippen MR) is 72.1 cm³/mol. The lowest BCUT2D eigenvalue weighted by atomic mass is 10.1. The van der Waals surface area contributed by atoms with Crippen LogP contribution in [0.2, 0.25) is 0 Å². The zero-order chi connectivity index (χ0) is 12.8. The molecule has 1 aromatic rings. The molecule has 17 heavy (non-hydrogen) atoms. The first kappa shape index (κ1) is 14.6. The lowest BCUT2D eigenvalue weighted by molar-refractivity contribution is 0.106. The number of nitrogens with two attached hydrogens (primary N) is 1. The van der Waals surface area contributed by atoms with Crippen LogP contribution in [0.1, 0.15) is 35.3 Å². The SMILES string of the molecule is COC(C)CCC(Cc1nc(C)c(C)s1)NN. The van der Waals surface area contributed by atoms with Crippen molar-refractivity contribution in [2.45, 2.75) is 52.2 Å². The molecule has 0 saturated carbocycles. The summed E-state index contributed by atoms with van der Waals surface area (Å²) in [5, 5.41) is 1.16. The van der Waals surface area contributed by atoms with Crippen LogP contribution in [0.3, 0.4) is 0 Å². The molecule has 4 nitrogen and oxygen atoms in total. The smallest absolute Gasteiger partial charge is 0.0946 e. The second-order valence-electron chi connectivity index (χ2n) is 4.44. The van der Waals surface area contributed by atoms with Crippen LogP contribution in [0.4, 0.5) is 0 Å². The maximum atomic E-state index is 5.58. The summed E-state index contributed by atoms with van der Waals surface area (Å²) in [5.74, 6) is 5.58. The monoisotopic (exact) mass is 257 g/mol. The van der Waals surface area contributed by atoms with Crippen LogP contribution in [0.25, 0.3) is 0 Å². The minimum absolute atomic E-state index is 0.276. The Morgan fingerprint density at radius 2 is 2.12 bits per heavy atom. The number of hydrogen-bond donors (Lipinski definition) is 2. The quantitative estimate of drug-likeness (QED) is 0.579. The van der Waals surface area contributed by atoms with E-state index in [9.17, 15) is 0 Å². The van der Waals surface area contributed by atoms with Crippen LogP contribution in [0, 0.1) is 13.8 Å². The van der Waals surface area contributed by atoms with Crippen LogP contribution >= 0.6 is 11.3 Å². The third-order valence-corrected chi connectivity index (χ3v) is 4.15. The summed E-state index contributed by atoms with van der Waals surface area (Å²) >= 11 is 1.76. The Kier molecular flexibility index (Phi) is 6.05. The van der Waals surface area contributed by atoms with Gasteiger partial charge >= 0.3 is 0 Å². The normalized spacial score (nSPS) is 14.9. The van der Waals surface area contributed by atoms with Crippen LogP contribution < -0.4 is 11.3 Å². The summed E-state index contributed by atoms with van der Waals surface area (Å²) in [5.41, 5.74) is 4.00. The third kappa shape index (κ3) is 4.71. The lowest BCUT2D eigenvalue weighted by Crippen LogP contribution is -2.37. The molecule has 0 radical (unpaired) electrons. The molecule has 0 bridgehead atoms. The molecule has 1 aromatic heterocycles. The molecule has 0 aromatic carbocycles. The Hall–Kier alpha value is -0.490. The number of ether oxygens (including phenoxy) is 1. The van der Waals surface area contributed by atoms with Gasteiger partial charge in [0, 0.05) is 24.4 Å². The molecule has 0 aliphatic rings. The van der Waals surface area contributed by atoms with Gasteiger partial charge in [-0.3, -0.25) is 11.3 Å². The van der Waals surface area contributed by atoms with E-state index in [-0.39, 0.29) is 12.1 Å². The molecule has 0 fully saturated rings. The van der Waals surface area contributed by atoms with Crippen molar-refractivity contribution < 1.29 is 4.74 Å². The molecule has 0 aliphatic heterocycles. The van der Waals surface area contributed by atoms with Gasteiger partial charge in [-0.25, -0.2) is 4.98 Å². The van der Waals surface area contributed by atoms with Gasteiger partial charge < -0.3 is 4.74 Å². The van der Waals surface area contributed by atoms with E-state index in [0.29, 0.717) is 0 Å². The molecule has 1 heterocycles. The van der Waals surface area contributed by atoms with Crippen molar-refractivity contribution in [3.63, 3.8) is 0 Å². The van der Waals surface area contributed by atoms with Gasteiger partial charge in [0.25, 0.3) is 0 Å². The highest BCUT2D eigenvalue weighted by atomic mass is 32.1. The van der Waals surface area contributed by atoms with Crippen LogP contribution in [0.5, 0.6) is 0 Å². The lowest BCUT2D eigenvalue weighted by Gasteiger charge is -2.16. The van der Waals surface area contributed by atoms with E-state index in [2.05, 4.69) is 24.3 Å². The van der Waals surface area contributed by atoms with Gasteiger partial charge in [0.1, 0.15) is 0 Å². The van der Waals surface area contributed by atoms with Crippen LogP contribution in [-0.4, -0.2) is 24.2 Å². The molecule has 98 valence electrons. The van der Waals surface area contributed by atoms with E-state index in [0.717, 1.165) is 30.0 Å². The van der Waals surface area contributed by atoms with Gasteiger partial charge in [0.2, 0.25) is 0 Å². The van der Waals surface area contributed by atoms with Crippen molar-refractivity contribution in [3.05, 3.63) is 15.6 Å². The maximum absolute atomic E-state index is 5.58. The van der Waals surface area contributed by atoms with Crippen molar-refractivity contribution in [1.29, 1.82) is 0 Å². The molecule has 2 atom stereocenters. The Balaban J connectivity index is 2.46. The van der Waals surface area contributed by atoms with Crippen LogP contribution in [0.15, 0.2) is 0 Å². The number of nitrogens with zero attached hydrogens (tertiary/aromatic N) is 1. The Labute approximate surface area is 108 Å². The first-order valence-corrected chi connectivity index (χ1v) is 6.80. The number of thiazole rings is 1. The van der Waals surface area contributed by atoms with Gasteiger partial charge in [0.15, 0.2) is 0 Å². The highest BCUT2D eigenvalue weighted by Gasteiger charge is 2.13. The molecule has 0 spiro atoms. The molecule has 0 aliphatic carbocycles. The van der Waals surface area contributed by atoms with Crippen molar-refractivity contribution in [2.24, 2.45) is 5.84 Å². The van der Waals surface area contributed by atoms with Crippen molar-refractivity contribution in [2.75, 3.05) is 7.11 Å². The fraction of sp³-hybridized carbons (Fsp3) is 0.750. The van der Waals surface area contributed by atoms with Crippen molar-refractivity contribution in [3.8, 4) is 0 Å². The number of hydrazine groups is 1. The highest BCUT2D eigenvalue weighted by molar-refractivity contribution is 7.11. The van der Waals surface area contributed by atoms with Gasteiger partial charge in [-0.05, 0) is 33.6 Å². The van der Waals surface area contributed by atoms with E-state index < -0.39 is 0 Å². The van der Waals surface area contributed by atoms with Gasteiger partial charge in [-0.1, -0.05) is 0 Å². The number of rotatable bonds is 7. The standard InChI is InChI=1S/C12H23N3OS/c1-8(16-4)5-6-11(15-13)7-12-14-9(2)10(3)17-12/h8,11,15H,5-7,13H2,1-4H3. The summed E-state index contributed by atoms with van der Waals surface area (Å²) in [7, 11) is 1.74. The van der Waals surface area contributed by atoms with E-state index in [4.69, 9.17) is 10.6 Å².